The van der Waals surface area contributed by atoms with Gasteiger partial charge in [-0.05, 0) is 55.7 Å². The van der Waals surface area contributed by atoms with Gasteiger partial charge in [0, 0.05) is 24.9 Å². The quantitative estimate of drug-likeness (QED) is 0.675. The van der Waals surface area contributed by atoms with E-state index in [0.29, 0.717) is 0 Å². The summed E-state index contributed by atoms with van der Waals surface area (Å²) in [7, 11) is 0. The molecule has 2 heterocycles. The van der Waals surface area contributed by atoms with E-state index >= 15 is 0 Å². The smallest absolute Gasteiger partial charge is 0.290 e. The first-order valence-electron chi connectivity index (χ1n) is 9.00. The Labute approximate surface area is 160 Å². The molecule has 1 unspecified atom stereocenters. The van der Waals surface area contributed by atoms with Crippen LogP contribution in [0.5, 0.6) is 0 Å². The standard InChI is InChI=1S/C17H26N2S.2CH2O2/c1-2-10-19(9-1)13-16-7-5-15(6-8-16)12-18-17-4-3-11-20-14-17;2*2-1-3/h5-8,17-18H,1-4,9-14H2;2*1H,(H,2,3). The SMILES string of the molecule is O=CO.O=CO.c1cc(CN2CCCC2)ccc1CNC1CCCSC1. The summed E-state index contributed by atoms with van der Waals surface area (Å²) in [5.41, 5.74) is 2.88. The average molecular weight is 383 g/mol. The van der Waals surface area contributed by atoms with Crippen molar-refractivity contribution < 1.29 is 19.8 Å². The Morgan fingerprint density at radius 3 is 2.15 bits per heavy atom. The molecule has 3 rings (SSSR count). The summed E-state index contributed by atoms with van der Waals surface area (Å²) in [5.74, 6) is 2.64. The molecule has 7 heteroatoms. The maximum absolute atomic E-state index is 8.36. The van der Waals surface area contributed by atoms with Gasteiger partial charge in [0.15, 0.2) is 0 Å². The van der Waals surface area contributed by atoms with Crippen LogP contribution in [0.3, 0.4) is 0 Å². The largest absolute Gasteiger partial charge is 0.483 e. The van der Waals surface area contributed by atoms with E-state index in [-0.39, 0.29) is 12.9 Å². The predicted molar refractivity (Wildman–Crippen MR) is 106 cm³/mol. The molecule has 1 atom stereocenters. The van der Waals surface area contributed by atoms with E-state index in [9.17, 15) is 0 Å². The predicted octanol–water partition coefficient (Wildman–Crippen LogP) is 2.67. The number of carboxylic acid groups (broad SMARTS) is 2. The molecule has 0 radical (unpaired) electrons. The molecule has 146 valence electrons. The van der Waals surface area contributed by atoms with Gasteiger partial charge in [0.1, 0.15) is 0 Å². The fourth-order valence-corrected chi connectivity index (χ4v) is 4.23. The van der Waals surface area contributed by atoms with Gasteiger partial charge >= 0.3 is 0 Å². The Hall–Kier alpha value is -1.57. The maximum Gasteiger partial charge on any atom is 0.290 e. The van der Waals surface area contributed by atoms with Crippen molar-refractivity contribution in [1.29, 1.82) is 0 Å². The Morgan fingerprint density at radius 2 is 1.62 bits per heavy atom. The maximum atomic E-state index is 8.36. The zero-order chi connectivity index (χ0) is 19.0. The van der Waals surface area contributed by atoms with Gasteiger partial charge in [0.05, 0.1) is 0 Å². The van der Waals surface area contributed by atoms with Crippen molar-refractivity contribution in [1.82, 2.24) is 10.2 Å². The summed E-state index contributed by atoms with van der Waals surface area (Å²) in [6, 6.07) is 9.94. The van der Waals surface area contributed by atoms with Crippen molar-refractivity contribution in [2.75, 3.05) is 24.6 Å². The van der Waals surface area contributed by atoms with Crippen molar-refractivity contribution in [3.8, 4) is 0 Å². The van der Waals surface area contributed by atoms with Crippen molar-refractivity contribution in [2.45, 2.75) is 44.8 Å². The normalized spacial score (nSPS) is 19.5. The van der Waals surface area contributed by atoms with Crippen LogP contribution in [0.4, 0.5) is 0 Å². The number of likely N-dealkylation sites (tertiary alicyclic amines) is 1. The summed E-state index contributed by atoms with van der Waals surface area (Å²) in [4.78, 5) is 19.3. The van der Waals surface area contributed by atoms with Gasteiger partial charge in [-0.1, -0.05) is 24.3 Å². The van der Waals surface area contributed by atoms with E-state index in [1.54, 1.807) is 0 Å². The van der Waals surface area contributed by atoms with E-state index in [2.05, 4.69) is 46.2 Å². The van der Waals surface area contributed by atoms with Gasteiger partial charge in [-0.3, -0.25) is 14.5 Å². The molecule has 0 amide bonds. The molecular weight excluding hydrogens is 352 g/mol. The topological polar surface area (TPSA) is 89.9 Å². The molecule has 1 aromatic rings. The fraction of sp³-hybridized carbons (Fsp3) is 0.579. The number of nitrogens with one attached hydrogen (secondary N) is 1. The molecule has 6 nitrogen and oxygen atoms in total. The number of thioether (sulfide) groups is 1. The van der Waals surface area contributed by atoms with Crippen LogP contribution in [0.15, 0.2) is 24.3 Å². The van der Waals surface area contributed by atoms with E-state index in [1.807, 2.05) is 0 Å². The Kier molecular flexibility index (Phi) is 12.6. The summed E-state index contributed by atoms with van der Waals surface area (Å²) in [5, 5.41) is 17.5. The minimum absolute atomic E-state index is 0.250. The molecule has 0 aliphatic carbocycles. The first-order chi connectivity index (χ1) is 12.7. The summed E-state index contributed by atoms with van der Waals surface area (Å²) >= 11 is 2.09. The van der Waals surface area contributed by atoms with Crippen LogP contribution in [0.25, 0.3) is 0 Å². The Morgan fingerprint density at radius 1 is 1.04 bits per heavy atom. The third kappa shape index (κ3) is 9.79. The fourth-order valence-electron chi connectivity index (χ4n) is 3.13. The number of hydrogen-bond donors (Lipinski definition) is 3. The number of hydrogen-bond acceptors (Lipinski definition) is 5. The van der Waals surface area contributed by atoms with Gasteiger partial charge in [0.2, 0.25) is 0 Å². The summed E-state index contributed by atoms with van der Waals surface area (Å²) < 4.78 is 0. The van der Waals surface area contributed by atoms with Crippen LogP contribution < -0.4 is 5.32 Å². The lowest BCUT2D eigenvalue weighted by Gasteiger charge is -2.22. The molecule has 0 spiro atoms. The number of rotatable bonds is 5. The molecule has 0 bridgehead atoms. The highest BCUT2D eigenvalue weighted by atomic mass is 32.2. The molecule has 26 heavy (non-hydrogen) atoms. The molecule has 2 aliphatic heterocycles. The number of benzene rings is 1. The van der Waals surface area contributed by atoms with E-state index in [4.69, 9.17) is 19.8 Å². The van der Waals surface area contributed by atoms with Gasteiger partial charge in [0.25, 0.3) is 12.9 Å². The lowest BCUT2D eigenvalue weighted by molar-refractivity contribution is -0.123. The van der Waals surface area contributed by atoms with Gasteiger partial charge in [-0.15, -0.1) is 0 Å². The third-order valence-corrected chi connectivity index (χ3v) is 5.60. The molecule has 2 aliphatic rings. The first-order valence-corrected chi connectivity index (χ1v) is 10.2. The zero-order valence-electron chi connectivity index (χ0n) is 15.2. The highest BCUT2D eigenvalue weighted by Crippen LogP contribution is 2.18. The average Bonchev–Trinajstić information content (AvgIpc) is 3.16. The van der Waals surface area contributed by atoms with E-state index in [1.165, 1.54) is 61.4 Å². The first kappa shape index (κ1) is 22.5. The molecule has 2 fully saturated rings. The molecule has 3 N–H and O–H groups in total. The van der Waals surface area contributed by atoms with Crippen molar-refractivity contribution in [3.05, 3.63) is 35.4 Å². The van der Waals surface area contributed by atoms with E-state index < -0.39 is 0 Å². The minimum Gasteiger partial charge on any atom is -0.483 e. The third-order valence-electron chi connectivity index (χ3n) is 4.38. The second-order valence-electron chi connectivity index (χ2n) is 6.31. The lowest BCUT2D eigenvalue weighted by Crippen LogP contribution is -2.33. The molecule has 0 aromatic heterocycles. The molecule has 2 saturated heterocycles. The highest BCUT2D eigenvalue weighted by molar-refractivity contribution is 7.99. The molecular formula is C19H30N2O4S. The van der Waals surface area contributed by atoms with Crippen molar-refractivity contribution in [2.24, 2.45) is 0 Å². The monoisotopic (exact) mass is 382 g/mol. The Bertz CT molecular complexity index is 481. The molecule has 0 saturated carbocycles. The van der Waals surface area contributed by atoms with Crippen LogP contribution in [0.2, 0.25) is 0 Å². The van der Waals surface area contributed by atoms with Crippen molar-refractivity contribution >= 4 is 24.7 Å². The second-order valence-corrected chi connectivity index (χ2v) is 7.46. The number of carbonyl (C=O) groups is 2. The molecule has 1 aromatic carbocycles. The van der Waals surface area contributed by atoms with Gasteiger partial charge in [-0.25, -0.2) is 0 Å². The Balaban J connectivity index is 0.000000499. The summed E-state index contributed by atoms with van der Waals surface area (Å²) in [6.07, 6.45) is 5.47. The lowest BCUT2D eigenvalue weighted by atomic mass is 10.1. The second kappa shape index (κ2) is 14.6. The van der Waals surface area contributed by atoms with Gasteiger partial charge < -0.3 is 15.5 Å². The van der Waals surface area contributed by atoms with Crippen LogP contribution >= 0.6 is 11.8 Å². The van der Waals surface area contributed by atoms with Gasteiger partial charge in [-0.2, -0.15) is 11.8 Å². The van der Waals surface area contributed by atoms with Crippen LogP contribution in [0.1, 0.15) is 36.8 Å². The van der Waals surface area contributed by atoms with E-state index in [0.717, 1.165) is 19.1 Å². The van der Waals surface area contributed by atoms with Crippen LogP contribution in [-0.4, -0.2) is 58.7 Å². The van der Waals surface area contributed by atoms with Crippen LogP contribution in [-0.2, 0) is 22.7 Å². The zero-order valence-corrected chi connectivity index (χ0v) is 16.0. The summed E-state index contributed by atoms with van der Waals surface area (Å²) in [6.45, 7) is 4.22. The number of nitrogens with zero attached hydrogens (tertiary/aromatic N) is 1. The highest BCUT2D eigenvalue weighted by Gasteiger charge is 2.13. The minimum atomic E-state index is -0.250. The van der Waals surface area contributed by atoms with Crippen LogP contribution in [0, 0.1) is 0 Å². The van der Waals surface area contributed by atoms with Crippen molar-refractivity contribution in [3.63, 3.8) is 0 Å².